The van der Waals surface area contributed by atoms with Crippen molar-refractivity contribution in [3.8, 4) is 22.8 Å². The second kappa shape index (κ2) is 7.36. The van der Waals surface area contributed by atoms with Crippen LogP contribution in [0.1, 0.15) is 5.56 Å². The molecule has 0 unspecified atom stereocenters. The van der Waals surface area contributed by atoms with Gasteiger partial charge in [-0.2, -0.15) is 5.10 Å². The molecule has 3 aromatic carbocycles. The SMILES string of the molecule is Cc1ccc2/c(=N\Nc3ccccc3)cc(-c3ccc4c(c3)OCCO4)oc2c1. The molecule has 1 aliphatic rings. The first-order valence-corrected chi connectivity index (χ1v) is 9.56. The molecule has 5 rings (SSSR count). The summed E-state index contributed by atoms with van der Waals surface area (Å²) in [4.78, 5) is 0. The zero-order valence-corrected chi connectivity index (χ0v) is 16.0. The van der Waals surface area contributed by atoms with E-state index in [4.69, 9.17) is 13.9 Å². The van der Waals surface area contributed by atoms with Gasteiger partial charge in [-0.15, -0.1) is 0 Å². The molecule has 1 aromatic heterocycles. The van der Waals surface area contributed by atoms with E-state index in [1.165, 1.54) is 0 Å². The fraction of sp³-hybridized carbons (Fsp3) is 0.125. The number of hydrogen-bond donors (Lipinski definition) is 1. The predicted octanol–water partition coefficient (Wildman–Crippen LogP) is 5.11. The molecular formula is C24H20N2O3. The molecule has 5 nitrogen and oxygen atoms in total. The molecule has 4 aromatic rings. The molecule has 29 heavy (non-hydrogen) atoms. The average molecular weight is 384 g/mol. The highest BCUT2D eigenvalue weighted by molar-refractivity contribution is 5.79. The van der Waals surface area contributed by atoms with Gasteiger partial charge in [-0.1, -0.05) is 24.3 Å². The van der Waals surface area contributed by atoms with Crippen molar-refractivity contribution in [2.45, 2.75) is 6.92 Å². The average Bonchev–Trinajstić information content (AvgIpc) is 2.77. The first kappa shape index (κ1) is 17.4. The molecule has 2 heterocycles. The second-order valence-corrected chi connectivity index (χ2v) is 6.94. The van der Waals surface area contributed by atoms with Crippen LogP contribution in [0.3, 0.4) is 0 Å². The maximum absolute atomic E-state index is 6.23. The van der Waals surface area contributed by atoms with Crippen molar-refractivity contribution in [1.82, 2.24) is 0 Å². The van der Waals surface area contributed by atoms with Crippen LogP contribution in [0.2, 0.25) is 0 Å². The van der Waals surface area contributed by atoms with Gasteiger partial charge in [-0.25, -0.2) is 0 Å². The summed E-state index contributed by atoms with van der Waals surface area (Å²) in [7, 11) is 0. The van der Waals surface area contributed by atoms with E-state index >= 15 is 0 Å². The standard InChI is InChI=1S/C24H20N2O3/c1-16-7-9-19-20(26-25-18-5-3-2-4-6-18)15-22(29-23(19)13-16)17-8-10-21-24(14-17)28-12-11-27-21/h2-10,13-15,25H,11-12H2,1H3/b26-20-. The van der Waals surface area contributed by atoms with Gasteiger partial charge in [-0.3, -0.25) is 5.43 Å². The maximum Gasteiger partial charge on any atom is 0.162 e. The number of benzene rings is 3. The zero-order valence-electron chi connectivity index (χ0n) is 16.0. The van der Waals surface area contributed by atoms with Gasteiger partial charge in [0.25, 0.3) is 0 Å². The Hall–Kier alpha value is -3.73. The summed E-state index contributed by atoms with van der Waals surface area (Å²) in [5.41, 5.74) is 6.88. The highest BCUT2D eigenvalue weighted by atomic mass is 16.6. The van der Waals surface area contributed by atoms with Gasteiger partial charge >= 0.3 is 0 Å². The van der Waals surface area contributed by atoms with E-state index in [1.807, 2.05) is 73.7 Å². The molecule has 0 bridgehead atoms. The molecule has 0 atom stereocenters. The summed E-state index contributed by atoms with van der Waals surface area (Å²) in [5, 5.41) is 6.39. The smallest absolute Gasteiger partial charge is 0.162 e. The second-order valence-electron chi connectivity index (χ2n) is 6.94. The van der Waals surface area contributed by atoms with Gasteiger partial charge < -0.3 is 13.9 Å². The van der Waals surface area contributed by atoms with Crippen molar-refractivity contribution < 1.29 is 13.9 Å². The van der Waals surface area contributed by atoms with Gasteiger partial charge in [0, 0.05) is 17.0 Å². The zero-order chi connectivity index (χ0) is 19.6. The molecule has 0 fully saturated rings. The number of anilines is 1. The van der Waals surface area contributed by atoms with Gasteiger partial charge in [0.1, 0.15) is 24.6 Å². The van der Waals surface area contributed by atoms with Crippen molar-refractivity contribution in [3.05, 3.63) is 83.7 Å². The first-order valence-electron chi connectivity index (χ1n) is 9.56. The molecule has 0 saturated carbocycles. The van der Waals surface area contributed by atoms with E-state index < -0.39 is 0 Å². The fourth-order valence-corrected chi connectivity index (χ4v) is 3.34. The minimum absolute atomic E-state index is 0.548. The first-order chi connectivity index (χ1) is 14.3. The molecule has 144 valence electrons. The lowest BCUT2D eigenvalue weighted by atomic mass is 10.1. The van der Waals surface area contributed by atoms with Crippen LogP contribution in [-0.4, -0.2) is 13.2 Å². The summed E-state index contributed by atoms with van der Waals surface area (Å²) in [6.07, 6.45) is 0. The van der Waals surface area contributed by atoms with E-state index in [2.05, 4.69) is 16.6 Å². The van der Waals surface area contributed by atoms with Crippen LogP contribution >= 0.6 is 0 Å². The molecule has 5 heteroatoms. The third kappa shape index (κ3) is 3.55. The number of nitrogens with one attached hydrogen (secondary N) is 1. The molecule has 0 saturated heterocycles. The highest BCUT2D eigenvalue weighted by Crippen LogP contribution is 2.34. The van der Waals surface area contributed by atoms with E-state index in [-0.39, 0.29) is 0 Å². The number of fused-ring (bicyclic) bond motifs is 2. The summed E-state index contributed by atoms with van der Waals surface area (Å²) in [6.45, 7) is 3.16. The van der Waals surface area contributed by atoms with E-state index in [9.17, 15) is 0 Å². The van der Waals surface area contributed by atoms with Crippen LogP contribution in [0, 0.1) is 6.92 Å². The summed E-state index contributed by atoms with van der Waals surface area (Å²) < 4.78 is 17.6. The Bertz CT molecular complexity index is 1250. The Labute approximate surface area is 168 Å². The Balaban J connectivity index is 1.64. The lowest BCUT2D eigenvalue weighted by molar-refractivity contribution is 0.171. The van der Waals surface area contributed by atoms with Crippen LogP contribution in [0.5, 0.6) is 11.5 Å². The number of nitrogens with zero attached hydrogens (tertiary/aromatic N) is 1. The van der Waals surface area contributed by atoms with Crippen LogP contribution in [0.15, 0.2) is 82.3 Å². The molecular weight excluding hydrogens is 364 g/mol. The lowest BCUT2D eigenvalue weighted by Crippen LogP contribution is -2.15. The molecule has 0 spiro atoms. The monoisotopic (exact) mass is 384 g/mol. The van der Waals surface area contributed by atoms with Crippen LogP contribution in [-0.2, 0) is 0 Å². The van der Waals surface area contributed by atoms with Crippen molar-refractivity contribution in [2.75, 3.05) is 18.6 Å². The Kier molecular flexibility index (Phi) is 4.41. The molecule has 0 radical (unpaired) electrons. The fourth-order valence-electron chi connectivity index (χ4n) is 3.34. The predicted molar refractivity (Wildman–Crippen MR) is 113 cm³/mol. The Morgan fingerprint density at radius 1 is 0.828 bits per heavy atom. The van der Waals surface area contributed by atoms with Crippen LogP contribution < -0.4 is 20.3 Å². The number of aryl methyl sites for hydroxylation is 1. The number of para-hydroxylation sites is 1. The van der Waals surface area contributed by atoms with Crippen molar-refractivity contribution >= 4 is 16.7 Å². The largest absolute Gasteiger partial charge is 0.486 e. The van der Waals surface area contributed by atoms with Crippen LogP contribution in [0.25, 0.3) is 22.3 Å². The molecule has 0 aliphatic carbocycles. The topological polar surface area (TPSA) is 56.0 Å². The highest BCUT2D eigenvalue weighted by Gasteiger charge is 2.14. The molecule has 1 aliphatic heterocycles. The van der Waals surface area contributed by atoms with Gasteiger partial charge in [-0.05, 0) is 55.0 Å². The van der Waals surface area contributed by atoms with Crippen molar-refractivity contribution in [2.24, 2.45) is 5.10 Å². The molecule has 0 amide bonds. The normalized spacial score (nSPS) is 13.5. The van der Waals surface area contributed by atoms with Gasteiger partial charge in [0.05, 0.1) is 11.0 Å². The quantitative estimate of drug-likeness (QED) is 0.499. The van der Waals surface area contributed by atoms with Crippen molar-refractivity contribution in [1.29, 1.82) is 0 Å². The Morgan fingerprint density at radius 3 is 2.52 bits per heavy atom. The minimum Gasteiger partial charge on any atom is -0.486 e. The van der Waals surface area contributed by atoms with Gasteiger partial charge in [0.15, 0.2) is 11.5 Å². The van der Waals surface area contributed by atoms with Gasteiger partial charge in [0.2, 0.25) is 0 Å². The summed E-state index contributed by atoms with van der Waals surface area (Å²) >= 11 is 0. The van der Waals surface area contributed by atoms with Crippen molar-refractivity contribution in [3.63, 3.8) is 0 Å². The van der Waals surface area contributed by atoms with E-state index in [1.54, 1.807) is 0 Å². The number of ether oxygens (including phenoxy) is 2. The Morgan fingerprint density at radius 2 is 1.66 bits per heavy atom. The van der Waals surface area contributed by atoms with E-state index in [0.29, 0.717) is 19.0 Å². The van der Waals surface area contributed by atoms with E-state index in [0.717, 1.165) is 44.6 Å². The van der Waals surface area contributed by atoms with Crippen LogP contribution in [0.4, 0.5) is 5.69 Å². The maximum atomic E-state index is 6.23. The minimum atomic E-state index is 0.548. The molecule has 1 N–H and O–H groups in total. The lowest BCUT2D eigenvalue weighted by Gasteiger charge is -2.18. The summed E-state index contributed by atoms with van der Waals surface area (Å²) in [6, 6.07) is 23.8. The third-order valence-corrected chi connectivity index (χ3v) is 4.81. The number of rotatable bonds is 3. The number of hydrogen-bond acceptors (Lipinski definition) is 5. The third-order valence-electron chi connectivity index (χ3n) is 4.81. The summed E-state index contributed by atoms with van der Waals surface area (Å²) in [5.74, 6) is 2.20.